The Bertz CT molecular complexity index is 176. The topological polar surface area (TPSA) is 76.1 Å². The van der Waals surface area contributed by atoms with Gasteiger partial charge < -0.3 is 22.1 Å². The van der Waals surface area contributed by atoms with Crippen LogP contribution >= 0.6 is 25.3 Å². The Morgan fingerprint density at radius 3 is 2.38 bits per heavy atom. The number of hydrogen-bond donors (Lipinski definition) is 6. The van der Waals surface area contributed by atoms with E-state index in [-0.39, 0.29) is 11.6 Å². The van der Waals surface area contributed by atoms with E-state index in [1.165, 1.54) is 0 Å². The van der Waals surface area contributed by atoms with Crippen molar-refractivity contribution in [2.24, 2.45) is 11.5 Å². The zero-order chi connectivity index (χ0) is 12.6. The predicted molar refractivity (Wildman–Crippen MR) is 78.6 cm³/mol. The summed E-state index contributed by atoms with van der Waals surface area (Å²) in [6.07, 6.45) is 0. The van der Waals surface area contributed by atoms with Crippen LogP contribution in [0.15, 0.2) is 0 Å². The van der Waals surface area contributed by atoms with Crippen molar-refractivity contribution in [3.05, 3.63) is 0 Å². The first-order valence-corrected chi connectivity index (χ1v) is 6.89. The summed E-state index contributed by atoms with van der Waals surface area (Å²) in [4.78, 5) is 0. The van der Waals surface area contributed by atoms with Crippen LogP contribution in [0.5, 0.6) is 0 Å². The summed E-state index contributed by atoms with van der Waals surface area (Å²) in [5.41, 5.74) is 11.4. The first-order chi connectivity index (χ1) is 7.47. The predicted octanol–water partition coefficient (Wildman–Crippen LogP) is -0.542. The minimum Gasteiger partial charge on any atom is -0.329 e. The second kappa shape index (κ2) is 8.60. The fourth-order valence-electron chi connectivity index (χ4n) is 1.08. The van der Waals surface area contributed by atoms with Crippen molar-refractivity contribution in [2.75, 3.05) is 31.1 Å². The number of rotatable bonds is 9. The lowest BCUT2D eigenvalue weighted by Gasteiger charge is -2.29. The largest absolute Gasteiger partial charge is 0.329 e. The molecule has 0 bridgehead atoms. The van der Waals surface area contributed by atoms with Gasteiger partial charge in [0.25, 0.3) is 0 Å². The van der Waals surface area contributed by atoms with E-state index in [0.717, 1.165) is 18.8 Å². The molecule has 0 fully saturated rings. The molecular formula is C10H26N4S2. The second-order valence-electron chi connectivity index (χ2n) is 4.56. The fraction of sp³-hybridized carbons (Fsp3) is 1.00. The number of thiol groups is 2. The van der Waals surface area contributed by atoms with Gasteiger partial charge in [0.2, 0.25) is 0 Å². The third-order valence-corrected chi connectivity index (χ3v) is 3.76. The first kappa shape index (κ1) is 16.5. The maximum atomic E-state index is 5.76. The van der Waals surface area contributed by atoms with Gasteiger partial charge in [0.05, 0.1) is 0 Å². The Labute approximate surface area is 110 Å². The number of hydrogen-bond acceptors (Lipinski definition) is 6. The molecule has 0 aliphatic rings. The van der Waals surface area contributed by atoms with Crippen LogP contribution in [-0.2, 0) is 0 Å². The van der Waals surface area contributed by atoms with Crippen molar-refractivity contribution in [3.63, 3.8) is 0 Å². The van der Waals surface area contributed by atoms with Crippen LogP contribution in [0.2, 0.25) is 0 Å². The van der Waals surface area contributed by atoms with Crippen LogP contribution in [0, 0.1) is 0 Å². The van der Waals surface area contributed by atoms with E-state index in [2.05, 4.69) is 49.7 Å². The van der Waals surface area contributed by atoms with E-state index in [1.54, 1.807) is 0 Å². The van der Waals surface area contributed by atoms with Crippen molar-refractivity contribution >= 4 is 25.3 Å². The quantitative estimate of drug-likeness (QED) is 0.317. The summed E-state index contributed by atoms with van der Waals surface area (Å²) in [6.45, 7) is 6.42. The molecule has 0 radical (unpaired) electrons. The van der Waals surface area contributed by atoms with Crippen LogP contribution in [0.4, 0.5) is 0 Å². The zero-order valence-corrected chi connectivity index (χ0v) is 12.0. The molecule has 0 saturated carbocycles. The highest BCUT2D eigenvalue weighted by atomic mass is 32.1. The number of nitrogens with two attached hydrogens (primary N) is 2. The Kier molecular flexibility index (Phi) is 8.90. The monoisotopic (exact) mass is 266 g/mol. The standard InChI is InChI=1S/C10H26N4S2/c1-8(13-4-9(12)5-15)3-14-10(2,6-11)7-16/h8-9,13-16H,3-7,11-12H2,1-2H3. The summed E-state index contributed by atoms with van der Waals surface area (Å²) in [5.74, 6) is 1.43. The van der Waals surface area contributed by atoms with Gasteiger partial charge in [-0.05, 0) is 13.8 Å². The zero-order valence-electron chi connectivity index (χ0n) is 10.2. The molecule has 0 aromatic carbocycles. The highest BCUT2D eigenvalue weighted by Crippen LogP contribution is 2.03. The van der Waals surface area contributed by atoms with Gasteiger partial charge in [-0.3, -0.25) is 0 Å². The van der Waals surface area contributed by atoms with Gasteiger partial charge >= 0.3 is 0 Å². The van der Waals surface area contributed by atoms with Gasteiger partial charge in [-0.15, -0.1) is 0 Å². The maximum Gasteiger partial charge on any atom is 0.0364 e. The summed E-state index contributed by atoms with van der Waals surface area (Å²) in [5, 5.41) is 6.77. The van der Waals surface area contributed by atoms with E-state index >= 15 is 0 Å². The Morgan fingerprint density at radius 1 is 1.31 bits per heavy atom. The Hall–Kier alpha value is 0.540. The maximum absolute atomic E-state index is 5.76. The summed E-state index contributed by atoms with van der Waals surface area (Å²) in [6, 6.07) is 0.466. The molecule has 4 nitrogen and oxygen atoms in total. The molecule has 0 spiro atoms. The minimum atomic E-state index is -0.0925. The van der Waals surface area contributed by atoms with Crippen LogP contribution in [-0.4, -0.2) is 48.8 Å². The lowest BCUT2D eigenvalue weighted by Crippen LogP contribution is -2.54. The molecule has 0 rings (SSSR count). The highest BCUT2D eigenvalue weighted by Gasteiger charge is 2.20. The van der Waals surface area contributed by atoms with Crippen molar-refractivity contribution in [1.82, 2.24) is 10.6 Å². The third-order valence-electron chi connectivity index (χ3n) is 2.60. The van der Waals surface area contributed by atoms with Gasteiger partial charge in [0, 0.05) is 48.8 Å². The van der Waals surface area contributed by atoms with Crippen molar-refractivity contribution < 1.29 is 0 Å². The second-order valence-corrected chi connectivity index (χ2v) is 5.24. The smallest absolute Gasteiger partial charge is 0.0364 e. The molecule has 16 heavy (non-hydrogen) atoms. The SMILES string of the molecule is CC(CNC(C)(CN)CS)NCC(N)CS. The van der Waals surface area contributed by atoms with Crippen LogP contribution < -0.4 is 22.1 Å². The molecule has 0 amide bonds. The molecule has 0 aliphatic heterocycles. The minimum absolute atomic E-state index is 0.0925. The van der Waals surface area contributed by atoms with Gasteiger partial charge in [-0.2, -0.15) is 25.3 Å². The molecule has 6 heteroatoms. The van der Waals surface area contributed by atoms with E-state index in [4.69, 9.17) is 11.5 Å². The fourth-order valence-corrected chi connectivity index (χ4v) is 1.45. The van der Waals surface area contributed by atoms with Crippen LogP contribution in [0.25, 0.3) is 0 Å². The molecule has 0 aromatic heterocycles. The van der Waals surface area contributed by atoms with E-state index < -0.39 is 0 Å². The molecule has 3 unspecified atom stereocenters. The molecule has 0 aliphatic carbocycles. The molecule has 0 heterocycles. The summed E-state index contributed by atoms with van der Waals surface area (Å²) in [7, 11) is 0. The molecule has 3 atom stereocenters. The van der Waals surface area contributed by atoms with Crippen molar-refractivity contribution in [1.29, 1.82) is 0 Å². The third kappa shape index (κ3) is 6.98. The average Bonchev–Trinajstić information content (AvgIpc) is 2.32. The van der Waals surface area contributed by atoms with Crippen molar-refractivity contribution in [3.8, 4) is 0 Å². The molecule has 0 saturated heterocycles. The Balaban J connectivity index is 3.75. The summed E-state index contributed by atoms with van der Waals surface area (Å²) < 4.78 is 0. The number of nitrogens with one attached hydrogen (secondary N) is 2. The lowest BCUT2D eigenvalue weighted by atomic mass is 10.1. The lowest BCUT2D eigenvalue weighted by molar-refractivity contribution is 0.373. The summed E-state index contributed by atoms with van der Waals surface area (Å²) >= 11 is 8.43. The van der Waals surface area contributed by atoms with E-state index in [1.807, 2.05) is 0 Å². The van der Waals surface area contributed by atoms with Gasteiger partial charge in [0.1, 0.15) is 0 Å². The van der Waals surface area contributed by atoms with Crippen molar-refractivity contribution in [2.45, 2.75) is 31.5 Å². The Morgan fingerprint density at radius 2 is 1.94 bits per heavy atom. The van der Waals surface area contributed by atoms with Gasteiger partial charge in [-0.1, -0.05) is 0 Å². The molecule has 0 aromatic rings. The highest BCUT2D eigenvalue weighted by molar-refractivity contribution is 7.80. The molecular weight excluding hydrogens is 240 g/mol. The van der Waals surface area contributed by atoms with Crippen LogP contribution in [0.1, 0.15) is 13.8 Å². The van der Waals surface area contributed by atoms with Gasteiger partial charge in [-0.25, -0.2) is 0 Å². The first-order valence-electron chi connectivity index (χ1n) is 5.63. The van der Waals surface area contributed by atoms with E-state index in [0.29, 0.717) is 18.3 Å². The molecule has 6 N–H and O–H groups in total. The van der Waals surface area contributed by atoms with Gasteiger partial charge in [0.15, 0.2) is 0 Å². The van der Waals surface area contributed by atoms with E-state index in [9.17, 15) is 0 Å². The normalized spacial score (nSPS) is 19.1. The molecule has 98 valence electrons. The average molecular weight is 266 g/mol. The van der Waals surface area contributed by atoms with Crippen LogP contribution in [0.3, 0.4) is 0 Å².